The van der Waals surface area contributed by atoms with Crippen molar-refractivity contribution in [1.29, 1.82) is 0 Å². The van der Waals surface area contributed by atoms with Gasteiger partial charge in [-0.2, -0.15) is 0 Å². The zero-order valence-electron chi connectivity index (χ0n) is 13.6. The van der Waals surface area contributed by atoms with Gasteiger partial charge in [-0.3, -0.25) is 9.69 Å². The van der Waals surface area contributed by atoms with Crippen LogP contribution < -0.4 is 0 Å². The summed E-state index contributed by atoms with van der Waals surface area (Å²) in [5, 5.41) is 0. The normalized spacial score (nSPS) is 12.4. The lowest BCUT2D eigenvalue weighted by atomic mass is 10.1. The summed E-state index contributed by atoms with van der Waals surface area (Å²) < 4.78 is 4.81. The van der Waals surface area contributed by atoms with Crippen LogP contribution in [0, 0.1) is 0 Å². The van der Waals surface area contributed by atoms with Crippen molar-refractivity contribution in [2.75, 3.05) is 14.1 Å². The minimum absolute atomic E-state index is 0.348. The first-order valence-corrected chi connectivity index (χ1v) is 7.90. The maximum Gasteiger partial charge on any atom is 0.330 e. The molecule has 1 atom stereocenters. The number of likely N-dealkylation sites (N-methyl/N-ethyl adjacent to an activating group) is 1. The number of hydrogen-bond donors (Lipinski definition) is 0. The van der Waals surface area contributed by atoms with Crippen LogP contribution in [0.5, 0.6) is 0 Å². The van der Waals surface area contributed by atoms with Crippen molar-refractivity contribution in [3.8, 4) is 0 Å². The zero-order chi connectivity index (χ0) is 15.4. The molecule has 0 rings (SSSR count). The van der Waals surface area contributed by atoms with E-state index in [0.717, 1.165) is 12.8 Å². The third-order valence-corrected chi connectivity index (χ3v) is 3.56. The Morgan fingerprint density at radius 3 is 1.95 bits per heavy atom. The fourth-order valence-corrected chi connectivity index (χ4v) is 1.86. The maximum atomic E-state index is 11.5. The second-order valence-corrected chi connectivity index (χ2v) is 5.66. The molecular weight excluding hydrogens is 254 g/mol. The number of ether oxygens (including phenoxy) is 1. The molecule has 0 N–H and O–H groups in total. The van der Waals surface area contributed by atoms with E-state index in [1.54, 1.807) is 25.9 Å². The van der Waals surface area contributed by atoms with Crippen LogP contribution in [0.15, 0.2) is 0 Å². The van der Waals surface area contributed by atoms with Gasteiger partial charge in [0, 0.05) is 6.42 Å². The first-order valence-electron chi connectivity index (χ1n) is 7.90. The minimum atomic E-state index is -0.459. The van der Waals surface area contributed by atoms with Crippen LogP contribution in [0.3, 0.4) is 0 Å². The van der Waals surface area contributed by atoms with Gasteiger partial charge in [0.25, 0.3) is 0 Å². The molecule has 0 bridgehead atoms. The van der Waals surface area contributed by atoms with E-state index in [1.807, 2.05) is 0 Å². The lowest BCUT2D eigenvalue weighted by molar-refractivity contribution is -0.162. The molecule has 0 saturated heterocycles. The molecule has 0 amide bonds. The fourth-order valence-electron chi connectivity index (χ4n) is 1.86. The number of carbonyl (C=O) groups excluding carboxylic acids is 2. The Labute approximate surface area is 123 Å². The predicted octanol–water partition coefficient (Wildman–Crippen LogP) is 3.54. The lowest BCUT2D eigenvalue weighted by Gasteiger charge is -2.17. The molecule has 0 heterocycles. The largest absolute Gasteiger partial charge is 0.392 e. The number of unbranched alkanes of at least 4 members (excludes halogenated alkanes) is 7. The van der Waals surface area contributed by atoms with Crippen LogP contribution >= 0.6 is 0 Å². The Hall–Kier alpha value is -0.900. The van der Waals surface area contributed by atoms with E-state index in [9.17, 15) is 9.59 Å². The molecule has 4 nitrogen and oxygen atoms in total. The van der Waals surface area contributed by atoms with Crippen molar-refractivity contribution in [3.05, 3.63) is 0 Å². The molecule has 0 spiro atoms. The molecule has 1 unspecified atom stereocenters. The third kappa shape index (κ3) is 9.96. The van der Waals surface area contributed by atoms with Crippen LogP contribution in [0.25, 0.3) is 0 Å². The monoisotopic (exact) mass is 285 g/mol. The van der Waals surface area contributed by atoms with Gasteiger partial charge in [-0.05, 0) is 27.4 Å². The van der Waals surface area contributed by atoms with Gasteiger partial charge in [-0.1, -0.05) is 51.9 Å². The van der Waals surface area contributed by atoms with Crippen LogP contribution in [-0.2, 0) is 14.3 Å². The molecule has 20 heavy (non-hydrogen) atoms. The van der Waals surface area contributed by atoms with Crippen molar-refractivity contribution in [1.82, 2.24) is 4.90 Å². The molecule has 0 aliphatic heterocycles. The van der Waals surface area contributed by atoms with Gasteiger partial charge in [-0.15, -0.1) is 0 Å². The summed E-state index contributed by atoms with van der Waals surface area (Å²) in [6.07, 6.45) is 9.80. The Morgan fingerprint density at radius 1 is 0.950 bits per heavy atom. The number of rotatable bonds is 11. The second-order valence-electron chi connectivity index (χ2n) is 5.66. The van der Waals surface area contributed by atoms with Gasteiger partial charge in [0.15, 0.2) is 0 Å². The van der Waals surface area contributed by atoms with Crippen molar-refractivity contribution in [2.24, 2.45) is 0 Å². The SMILES string of the molecule is CCCCCCCCCCC(=O)OC(=O)C(C)N(C)C. The molecule has 4 heteroatoms. The topological polar surface area (TPSA) is 46.6 Å². The highest BCUT2D eigenvalue weighted by Gasteiger charge is 2.19. The molecule has 0 fully saturated rings. The number of hydrogen-bond acceptors (Lipinski definition) is 4. The highest BCUT2D eigenvalue weighted by atomic mass is 16.6. The Morgan fingerprint density at radius 2 is 1.45 bits per heavy atom. The van der Waals surface area contributed by atoms with E-state index in [2.05, 4.69) is 6.92 Å². The smallest absolute Gasteiger partial charge is 0.330 e. The molecule has 0 aromatic carbocycles. The maximum absolute atomic E-state index is 11.5. The van der Waals surface area contributed by atoms with E-state index in [4.69, 9.17) is 4.74 Å². The van der Waals surface area contributed by atoms with Crippen LogP contribution in [0.1, 0.15) is 71.6 Å². The summed E-state index contributed by atoms with van der Waals surface area (Å²) in [4.78, 5) is 24.8. The van der Waals surface area contributed by atoms with E-state index in [0.29, 0.717) is 6.42 Å². The standard InChI is InChI=1S/C16H31NO3/c1-5-6-7-8-9-10-11-12-13-15(18)20-16(19)14(2)17(3)4/h14H,5-13H2,1-4H3. The summed E-state index contributed by atoms with van der Waals surface area (Å²) in [6.45, 7) is 3.94. The Kier molecular flexibility index (Phi) is 11.4. The first kappa shape index (κ1) is 19.1. The number of nitrogens with zero attached hydrogens (tertiary/aromatic N) is 1. The second kappa shape index (κ2) is 11.9. The van der Waals surface area contributed by atoms with Gasteiger partial charge in [0.05, 0.1) is 0 Å². The summed E-state index contributed by atoms with van der Waals surface area (Å²) in [6, 6.07) is -0.377. The minimum Gasteiger partial charge on any atom is -0.392 e. The van der Waals surface area contributed by atoms with Gasteiger partial charge >= 0.3 is 11.9 Å². The first-order chi connectivity index (χ1) is 9.49. The molecule has 0 radical (unpaired) electrons. The summed E-state index contributed by atoms with van der Waals surface area (Å²) in [5.74, 6) is -0.853. The summed E-state index contributed by atoms with van der Waals surface area (Å²) >= 11 is 0. The summed E-state index contributed by atoms with van der Waals surface area (Å²) in [5.41, 5.74) is 0. The highest BCUT2D eigenvalue weighted by Crippen LogP contribution is 2.10. The van der Waals surface area contributed by atoms with E-state index in [1.165, 1.54) is 38.5 Å². The van der Waals surface area contributed by atoms with Crippen molar-refractivity contribution in [3.63, 3.8) is 0 Å². The van der Waals surface area contributed by atoms with Crippen molar-refractivity contribution < 1.29 is 14.3 Å². The molecule has 118 valence electrons. The van der Waals surface area contributed by atoms with Gasteiger partial charge in [0.2, 0.25) is 0 Å². The molecule has 0 saturated carbocycles. The molecule has 0 aliphatic rings. The fraction of sp³-hybridized carbons (Fsp3) is 0.875. The Bertz CT molecular complexity index is 277. The van der Waals surface area contributed by atoms with Gasteiger partial charge in [-0.25, -0.2) is 4.79 Å². The lowest BCUT2D eigenvalue weighted by Crippen LogP contribution is -2.35. The average molecular weight is 285 g/mol. The van der Waals surface area contributed by atoms with Gasteiger partial charge in [0.1, 0.15) is 6.04 Å². The highest BCUT2D eigenvalue weighted by molar-refractivity contribution is 5.88. The molecule has 0 aromatic heterocycles. The van der Waals surface area contributed by atoms with E-state index in [-0.39, 0.29) is 6.04 Å². The third-order valence-electron chi connectivity index (χ3n) is 3.56. The molecule has 0 aliphatic carbocycles. The Balaban J connectivity index is 3.52. The predicted molar refractivity (Wildman–Crippen MR) is 81.5 cm³/mol. The van der Waals surface area contributed by atoms with E-state index >= 15 is 0 Å². The summed E-state index contributed by atoms with van der Waals surface area (Å²) in [7, 11) is 3.57. The molecular formula is C16H31NO3. The van der Waals surface area contributed by atoms with Crippen LogP contribution in [-0.4, -0.2) is 37.0 Å². The average Bonchev–Trinajstić information content (AvgIpc) is 2.40. The van der Waals surface area contributed by atoms with Gasteiger partial charge < -0.3 is 4.74 Å². The number of carbonyl (C=O) groups is 2. The van der Waals surface area contributed by atoms with E-state index < -0.39 is 11.9 Å². The van der Waals surface area contributed by atoms with Crippen LogP contribution in [0.4, 0.5) is 0 Å². The van der Waals surface area contributed by atoms with Crippen molar-refractivity contribution >= 4 is 11.9 Å². The molecule has 0 aromatic rings. The quantitative estimate of drug-likeness (QED) is 0.331. The number of esters is 2. The van der Waals surface area contributed by atoms with Crippen molar-refractivity contribution in [2.45, 2.75) is 77.7 Å². The van der Waals surface area contributed by atoms with Crippen LogP contribution in [0.2, 0.25) is 0 Å². The zero-order valence-corrected chi connectivity index (χ0v) is 13.6.